The summed E-state index contributed by atoms with van der Waals surface area (Å²) in [6, 6.07) is 1.67. The Morgan fingerprint density at radius 2 is 2.18 bits per heavy atom. The van der Waals surface area contributed by atoms with E-state index in [-0.39, 0.29) is 18.7 Å². The fraction of sp³-hybridized carbons (Fsp3) is 0.545. The fourth-order valence-corrected chi connectivity index (χ4v) is 1.51. The molecule has 0 aliphatic heterocycles. The number of carbonyl (C=O) groups is 2. The van der Waals surface area contributed by atoms with Crippen molar-refractivity contribution in [1.82, 2.24) is 10.5 Å². The lowest BCUT2D eigenvalue weighted by Crippen LogP contribution is -2.45. The smallest absolute Gasteiger partial charge is 0.305 e. The minimum atomic E-state index is -0.951. The van der Waals surface area contributed by atoms with E-state index in [1.807, 2.05) is 0 Å². The van der Waals surface area contributed by atoms with Crippen LogP contribution in [0.2, 0.25) is 0 Å². The first-order valence-corrected chi connectivity index (χ1v) is 5.23. The van der Waals surface area contributed by atoms with Gasteiger partial charge >= 0.3 is 5.97 Å². The number of rotatable bonds is 5. The molecule has 0 spiro atoms. The molecule has 0 radical (unpaired) electrons. The highest BCUT2D eigenvalue weighted by Gasteiger charge is 2.24. The number of aryl methyl sites for hydroxylation is 1. The van der Waals surface area contributed by atoms with Gasteiger partial charge in [-0.15, -0.1) is 0 Å². The minimum absolute atomic E-state index is 0.0837. The van der Waals surface area contributed by atoms with Crippen LogP contribution in [0.1, 0.15) is 31.7 Å². The van der Waals surface area contributed by atoms with Crippen molar-refractivity contribution in [3.63, 3.8) is 0 Å². The minimum Gasteiger partial charge on any atom is -0.481 e. The van der Waals surface area contributed by atoms with Crippen LogP contribution in [0.5, 0.6) is 0 Å². The fourth-order valence-electron chi connectivity index (χ4n) is 1.51. The van der Waals surface area contributed by atoms with E-state index < -0.39 is 11.5 Å². The van der Waals surface area contributed by atoms with E-state index >= 15 is 0 Å². The molecule has 0 aliphatic rings. The first kappa shape index (κ1) is 13.2. The van der Waals surface area contributed by atoms with Crippen LogP contribution in [0.25, 0.3) is 0 Å². The Kier molecular flexibility index (Phi) is 3.88. The molecule has 1 amide bonds. The molecule has 6 heteroatoms. The van der Waals surface area contributed by atoms with E-state index in [1.165, 1.54) is 0 Å². The number of aromatic nitrogens is 1. The maximum absolute atomic E-state index is 11.6. The summed E-state index contributed by atoms with van der Waals surface area (Å²) in [6.45, 7) is 5.06. The number of carboxylic acid groups (broad SMARTS) is 1. The zero-order chi connectivity index (χ0) is 13.1. The van der Waals surface area contributed by atoms with Crippen LogP contribution in [-0.4, -0.2) is 27.7 Å². The zero-order valence-corrected chi connectivity index (χ0v) is 10.1. The van der Waals surface area contributed by atoms with Crippen LogP contribution in [0, 0.1) is 6.92 Å². The third-order valence-corrected chi connectivity index (χ3v) is 2.09. The highest BCUT2D eigenvalue weighted by molar-refractivity contribution is 5.79. The summed E-state index contributed by atoms with van der Waals surface area (Å²) >= 11 is 0. The maximum atomic E-state index is 11.6. The molecular formula is C11H16N2O4. The van der Waals surface area contributed by atoms with Crippen molar-refractivity contribution < 1.29 is 19.2 Å². The predicted octanol–water partition coefficient (Wildman–Crippen LogP) is 0.895. The SMILES string of the molecule is Cc1cc(CC(=O)NC(C)(C)CC(=O)O)no1. The van der Waals surface area contributed by atoms with Crippen LogP contribution in [0.4, 0.5) is 0 Å². The molecular weight excluding hydrogens is 224 g/mol. The first-order valence-electron chi connectivity index (χ1n) is 5.23. The molecule has 0 saturated heterocycles. The predicted molar refractivity (Wildman–Crippen MR) is 59.4 cm³/mol. The average Bonchev–Trinajstić information content (AvgIpc) is 2.46. The van der Waals surface area contributed by atoms with Gasteiger partial charge in [0, 0.05) is 11.6 Å². The van der Waals surface area contributed by atoms with Crippen molar-refractivity contribution >= 4 is 11.9 Å². The van der Waals surface area contributed by atoms with E-state index in [0.717, 1.165) is 0 Å². The third-order valence-electron chi connectivity index (χ3n) is 2.09. The lowest BCUT2D eigenvalue weighted by molar-refractivity contribution is -0.138. The summed E-state index contributed by atoms with van der Waals surface area (Å²) in [6.07, 6.45) is -0.0447. The Morgan fingerprint density at radius 3 is 2.65 bits per heavy atom. The summed E-state index contributed by atoms with van der Waals surface area (Å²) in [5, 5.41) is 15.0. The summed E-state index contributed by atoms with van der Waals surface area (Å²) in [7, 11) is 0. The molecule has 0 unspecified atom stereocenters. The largest absolute Gasteiger partial charge is 0.481 e. The van der Waals surface area contributed by atoms with Crippen LogP contribution in [0.3, 0.4) is 0 Å². The number of hydrogen-bond acceptors (Lipinski definition) is 4. The number of nitrogens with zero attached hydrogens (tertiary/aromatic N) is 1. The van der Waals surface area contributed by atoms with Gasteiger partial charge in [0.25, 0.3) is 0 Å². The highest BCUT2D eigenvalue weighted by atomic mass is 16.5. The van der Waals surface area contributed by atoms with Gasteiger partial charge in [-0.1, -0.05) is 5.16 Å². The van der Waals surface area contributed by atoms with E-state index in [1.54, 1.807) is 26.8 Å². The molecule has 0 fully saturated rings. The first-order chi connectivity index (χ1) is 7.78. The monoisotopic (exact) mass is 240 g/mol. The Hall–Kier alpha value is -1.85. The number of aliphatic carboxylic acids is 1. The van der Waals surface area contributed by atoms with Gasteiger partial charge in [-0.25, -0.2) is 0 Å². The summed E-state index contributed by atoms with van der Waals surface area (Å²) < 4.78 is 4.84. The van der Waals surface area contributed by atoms with Crippen molar-refractivity contribution in [2.24, 2.45) is 0 Å². The summed E-state index contributed by atoms with van der Waals surface area (Å²) in [5.41, 5.74) is -0.243. The van der Waals surface area contributed by atoms with E-state index in [0.29, 0.717) is 11.5 Å². The Morgan fingerprint density at radius 1 is 1.53 bits per heavy atom. The highest BCUT2D eigenvalue weighted by Crippen LogP contribution is 2.09. The molecule has 6 nitrogen and oxygen atoms in total. The Bertz CT molecular complexity index is 423. The second kappa shape index (κ2) is 4.99. The van der Waals surface area contributed by atoms with E-state index in [4.69, 9.17) is 9.63 Å². The van der Waals surface area contributed by atoms with Crippen LogP contribution >= 0.6 is 0 Å². The third kappa shape index (κ3) is 4.67. The molecule has 0 aliphatic carbocycles. The molecule has 0 saturated carbocycles. The van der Waals surface area contributed by atoms with E-state index in [2.05, 4.69) is 10.5 Å². The second-order valence-electron chi connectivity index (χ2n) is 4.61. The lowest BCUT2D eigenvalue weighted by Gasteiger charge is -2.23. The van der Waals surface area contributed by atoms with Gasteiger partial charge in [-0.2, -0.15) is 0 Å². The summed E-state index contributed by atoms with van der Waals surface area (Å²) in [4.78, 5) is 22.2. The standard InChI is InChI=1S/C11H16N2O4/c1-7-4-8(13-17-7)5-9(14)12-11(2,3)6-10(15)16/h4H,5-6H2,1-3H3,(H,12,14)(H,15,16). The molecule has 0 bridgehead atoms. The van der Waals surface area contributed by atoms with Crippen molar-refractivity contribution in [1.29, 1.82) is 0 Å². The quantitative estimate of drug-likeness (QED) is 0.797. The molecule has 0 atom stereocenters. The van der Waals surface area contributed by atoms with Crippen molar-refractivity contribution in [2.75, 3.05) is 0 Å². The van der Waals surface area contributed by atoms with Crippen molar-refractivity contribution in [3.05, 3.63) is 17.5 Å². The number of carbonyl (C=O) groups excluding carboxylic acids is 1. The molecule has 0 aromatic carbocycles. The van der Waals surface area contributed by atoms with Gasteiger partial charge in [-0.3, -0.25) is 9.59 Å². The van der Waals surface area contributed by atoms with Crippen LogP contribution in [-0.2, 0) is 16.0 Å². The lowest BCUT2D eigenvalue weighted by atomic mass is 10.0. The van der Waals surface area contributed by atoms with Crippen LogP contribution < -0.4 is 5.32 Å². The number of carboxylic acids is 1. The van der Waals surface area contributed by atoms with Gasteiger partial charge in [-0.05, 0) is 20.8 Å². The molecule has 1 rings (SSSR count). The van der Waals surface area contributed by atoms with Gasteiger partial charge in [0.05, 0.1) is 18.5 Å². The van der Waals surface area contributed by atoms with Gasteiger partial charge in [0.2, 0.25) is 5.91 Å². The Balaban J connectivity index is 2.52. The van der Waals surface area contributed by atoms with Crippen molar-refractivity contribution in [3.8, 4) is 0 Å². The Labute approximate surface area is 99.0 Å². The van der Waals surface area contributed by atoms with Crippen LogP contribution in [0.15, 0.2) is 10.6 Å². The topological polar surface area (TPSA) is 92.4 Å². The number of amides is 1. The summed E-state index contributed by atoms with van der Waals surface area (Å²) in [5.74, 6) is -0.588. The maximum Gasteiger partial charge on any atom is 0.305 e. The van der Waals surface area contributed by atoms with Crippen molar-refractivity contribution in [2.45, 2.75) is 39.2 Å². The average molecular weight is 240 g/mol. The molecule has 94 valence electrons. The van der Waals surface area contributed by atoms with E-state index in [9.17, 15) is 9.59 Å². The number of nitrogens with one attached hydrogen (secondary N) is 1. The molecule has 1 heterocycles. The molecule has 17 heavy (non-hydrogen) atoms. The molecule has 1 aromatic rings. The number of hydrogen-bond donors (Lipinski definition) is 2. The zero-order valence-electron chi connectivity index (χ0n) is 10.1. The molecule has 1 aromatic heterocycles. The normalized spacial score (nSPS) is 11.2. The van der Waals surface area contributed by atoms with Gasteiger partial charge in [0.1, 0.15) is 5.76 Å². The van der Waals surface area contributed by atoms with Gasteiger partial charge in [0.15, 0.2) is 0 Å². The second-order valence-corrected chi connectivity index (χ2v) is 4.61. The molecule has 2 N–H and O–H groups in total. The van der Waals surface area contributed by atoms with Gasteiger partial charge < -0.3 is 14.9 Å².